The molecular formula is C15H21ClN4O2. The second kappa shape index (κ2) is 6.69. The summed E-state index contributed by atoms with van der Waals surface area (Å²) in [5, 5.41) is 4.44. The van der Waals surface area contributed by atoms with Gasteiger partial charge in [-0.25, -0.2) is 0 Å². The van der Waals surface area contributed by atoms with Crippen LogP contribution in [-0.4, -0.2) is 63.5 Å². The molecule has 7 heteroatoms. The highest BCUT2D eigenvalue weighted by Gasteiger charge is 2.26. The molecular weight excluding hydrogens is 304 g/mol. The van der Waals surface area contributed by atoms with Crippen molar-refractivity contribution in [3.05, 3.63) is 17.5 Å². The van der Waals surface area contributed by atoms with Gasteiger partial charge in [-0.1, -0.05) is 0 Å². The summed E-state index contributed by atoms with van der Waals surface area (Å²) in [4.78, 5) is 27.9. The van der Waals surface area contributed by atoms with Crippen molar-refractivity contribution in [2.45, 2.75) is 32.2 Å². The Hall–Kier alpha value is -1.56. The number of aromatic nitrogens is 2. The van der Waals surface area contributed by atoms with Gasteiger partial charge < -0.3 is 9.80 Å². The van der Waals surface area contributed by atoms with Crippen LogP contribution in [0.25, 0.3) is 0 Å². The largest absolute Gasteiger partial charge is 0.339 e. The molecule has 0 aromatic carbocycles. The topological polar surface area (TPSA) is 58.4 Å². The minimum atomic E-state index is -0.0219. The zero-order chi connectivity index (χ0) is 15.5. The molecule has 3 heterocycles. The van der Waals surface area contributed by atoms with Crippen LogP contribution in [0.3, 0.4) is 0 Å². The van der Waals surface area contributed by atoms with E-state index in [2.05, 4.69) is 5.10 Å². The summed E-state index contributed by atoms with van der Waals surface area (Å²) in [5.41, 5.74) is 1.70. The van der Waals surface area contributed by atoms with Gasteiger partial charge in [0.1, 0.15) is 0 Å². The van der Waals surface area contributed by atoms with Crippen molar-refractivity contribution in [3.8, 4) is 0 Å². The number of halogens is 1. The third-order valence-electron chi connectivity index (χ3n) is 4.36. The number of nitrogens with zero attached hydrogens (tertiary/aromatic N) is 4. The number of alkyl halides is 1. The molecule has 1 fully saturated rings. The minimum absolute atomic E-state index is 0.0219. The van der Waals surface area contributed by atoms with E-state index in [0.29, 0.717) is 44.2 Å². The fourth-order valence-electron chi connectivity index (χ4n) is 3.08. The number of rotatable bonds is 3. The molecule has 0 aliphatic carbocycles. The van der Waals surface area contributed by atoms with Gasteiger partial charge in [0.05, 0.1) is 0 Å². The van der Waals surface area contributed by atoms with Gasteiger partial charge in [-0.15, -0.1) is 11.6 Å². The standard InChI is InChI=1S/C15H21ClN4O2/c16-5-4-14(21)18-7-9-19(10-8-18)15(22)13-11-12-3-1-2-6-20(12)17-13/h11H,1-10H2. The molecule has 1 saturated heterocycles. The maximum atomic E-state index is 12.5. The van der Waals surface area contributed by atoms with Gasteiger partial charge in [0.2, 0.25) is 5.91 Å². The summed E-state index contributed by atoms with van der Waals surface area (Å²) in [6.45, 7) is 3.19. The summed E-state index contributed by atoms with van der Waals surface area (Å²) in [6.07, 6.45) is 3.66. The predicted molar refractivity (Wildman–Crippen MR) is 83.0 cm³/mol. The van der Waals surface area contributed by atoms with Gasteiger partial charge in [-0.2, -0.15) is 5.10 Å². The average molecular weight is 325 g/mol. The number of carbonyl (C=O) groups excluding carboxylic acids is 2. The smallest absolute Gasteiger partial charge is 0.274 e. The van der Waals surface area contributed by atoms with E-state index in [1.165, 1.54) is 6.42 Å². The highest BCUT2D eigenvalue weighted by Crippen LogP contribution is 2.17. The maximum absolute atomic E-state index is 12.5. The summed E-state index contributed by atoms with van der Waals surface area (Å²) >= 11 is 5.60. The predicted octanol–water partition coefficient (Wildman–Crippen LogP) is 1.13. The van der Waals surface area contributed by atoms with Crippen LogP contribution < -0.4 is 0 Å². The van der Waals surface area contributed by atoms with Crippen molar-refractivity contribution in [3.63, 3.8) is 0 Å². The first kappa shape index (κ1) is 15.3. The van der Waals surface area contributed by atoms with Crippen LogP contribution in [0.5, 0.6) is 0 Å². The fourth-order valence-corrected chi connectivity index (χ4v) is 3.24. The summed E-state index contributed by atoms with van der Waals surface area (Å²) in [7, 11) is 0. The molecule has 0 bridgehead atoms. The highest BCUT2D eigenvalue weighted by molar-refractivity contribution is 6.18. The van der Waals surface area contributed by atoms with E-state index < -0.39 is 0 Å². The van der Waals surface area contributed by atoms with Crippen molar-refractivity contribution in [1.82, 2.24) is 19.6 Å². The van der Waals surface area contributed by atoms with E-state index in [9.17, 15) is 9.59 Å². The van der Waals surface area contributed by atoms with Crippen molar-refractivity contribution in [2.24, 2.45) is 0 Å². The van der Waals surface area contributed by atoms with E-state index >= 15 is 0 Å². The van der Waals surface area contributed by atoms with Gasteiger partial charge in [-0.05, 0) is 25.3 Å². The summed E-state index contributed by atoms with van der Waals surface area (Å²) < 4.78 is 1.96. The molecule has 0 unspecified atom stereocenters. The molecule has 3 rings (SSSR count). The Morgan fingerprint density at radius 3 is 2.50 bits per heavy atom. The lowest BCUT2D eigenvalue weighted by Crippen LogP contribution is -2.50. The highest BCUT2D eigenvalue weighted by atomic mass is 35.5. The Morgan fingerprint density at radius 2 is 1.82 bits per heavy atom. The fraction of sp³-hybridized carbons (Fsp3) is 0.667. The SMILES string of the molecule is O=C(CCCl)N1CCN(C(=O)c2cc3n(n2)CCCC3)CC1. The van der Waals surface area contributed by atoms with Crippen LogP contribution in [0.1, 0.15) is 35.4 Å². The number of hydrogen-bond donors (Lipinski definition) is 0. The quantitative estimate of drug-likeness (QED) is 0.783. The molecule has 0 spiro atoms. The number of aryl methyl sites for hydroxylation is 2. The second-order valence-corrected chi connectivity index (χ2v) is 6.19. The van der Waals surface area contributed by atoms with Crippen LogP contribution in [0.4, 0.5) is 0 Å². The van der Waals surface area contributed by atoms with E-state index in [4.69, 9.17) is 11.6 Å². The van der Waals surface area contributed by atoms with Crippen molar-refractivity contribution in [1.29, 1.82) is 0 Å². The van der Waals surface area contributed by atoms with Crippen LogP contribution >= 0.6 is 11.6 Å². The third-order valence-corrected chi connectivity index (χ3v) is 4.55. The number of piperazine rings is 1. The van der Waals surface area contributed by atoms with Crippen LogP contribution in [0, 0.1) is 0 Å². The molecule has 0 radical (unpaired) electrons. The van der Waals surface area contributed by atoms with Crippen molar-refractivity contribution in [2.75, 3.05) is 32.1 Å². The monoisotopic (exact) mass is 324 g/mol. The third kappa shape index (κ3) is 3.11. The Kier molecular flexibility index (Phi) is 4.66. The van der Waals surface area contributed by atoms with Crippen molar-refractivity contribution < 1.29 is 9.59 Å². The molecule has 2 aliphatic heterocycles. The molecule has 2 aliphatic rings. The first-order valence-corrected chi connectivity index (χ1v) is 8.42. The van der Waals surface area contributed by atoms with E-state index in [0.717, 1.165) is 25.1 Å². The van der Waals surface area contributed by atoms with Crippen LogP contribution in [0.2, 0.25) is 0 Å². The van der Waals surface area contributed by atoms with Gasteiger partial charge >= 0.3 is 0 Å². The molecule has 0 N–H and O–H groups in total. The Morgan fingerprint density at radius 1 is 1.09 bits per heavy atom. The summed E-state index contributed by atoms with van der Waals surface area (Å²) in [6, 6.07) is 1.92. The number of fused-ring (bicyclic) bond motifs is 1. The summed E-state index contributed by atoms with van der Waals surface area (Å²) in [5.74, 6) is 0.393. The zero-order valence-electron chi connectivity index (χ0n) is 12.6. The Bertz CT molecular complexity index is 540. The molecule has 6 nitrogen and oxygen atoms in total. The van der Waals surface area contributed by atoms with E-state index in [-0.39, 0.29) is 11.8 Å². The van der Waals surface area contributed by atoms with E-state index in [1.54, 1.807) is 9.80 Å². The van der Waals surface area contributed by atoms with Crippen LogP contribution in [0.15, 0.2) is 6.07 Å². The number of carbonyl (C=O) groups is 2. The Balaban J connectivity index is 1.60. The van der Waals surface area contributed by atoms with Crippen molar-refractivity contribution >= 4 is 23.4 Å². The molecule has 0 atom stereocenters. The first-order valence-electron chi connectivity index (χ1n) is 7.89. The van der Waals surface area contributed by atoms with Gasteiger partial charge in [0.15, 0.2) is 5.69 Å². The molecule has 2 amide bonds. The maximum Gasteiger partial charge on any atom is 0.274 e. The van der Waals surface area contributed by atoms with Crippen LogP contribution in [-0.2, 0) is 17.8 Å². The van der Waals surface area contributed by atoms with Gasteiger partial charge in [-0.3, -0.25) is 14.3 Å². The second-order valence-electron chi connectivity index (χ2n) is 5.81. The minimum Gasteiger partial charge on any atom is -0.339 e. The normalized spacial score (nSPS) is 18.2. The number of hydrogen-bond acceptors (Lipinski definition) is 3. The molecule has 1 aromatic heterocycles. The van der Waals surface area contributed by atoms with E-state index in [1.807, 2.05) is 10.7 Å². The zero-order valence-corrected chi connectivity index (χ0v) is 13.4. The first-order chi connectivity index (χ1) is 10.7. The molecule has 120 valence electrons. The Labute approximate surface area is 135 Å². The molecule has 1 aromatic rings. The lowest BCUT2D eigenvalue weighted by atomic mass is 10.1. The average Bonchev–Trinajstić information content (AvgIpc) is 2.98. The number of amides is 2. The lowest BCUT2D eigenvalue weighted by Gasteiger charge is -2.34. The molecule has 0 saturated carbocycles. The lowest BCUT2D eigenvalue weighted by molar-refractivity contribution is -0.132. The van der Waals surface area contributed by atoms with Gasteiger partial charge in [0.25, 0.3) is 5.91 Å². The van der Waals surface area contributed by atoms with Gasteiger partial charge in [0, 0.05) is 50.7 Å². The molecule has 22 heavy (non-hydrogen) atoms.